The van der Waals surface area contributed by atoms with Gasteiger partial charge in [-0.3, -0.25) is 4.79 Å². The molecule has 1 aliphatic rings. The minimum Gasteiger partial charge on any atom is -0.345 e. The highest BCUT2D eigenvalue weighted by atomic mass is 32.2. The van der Waals surface area contributed by atoms with Crippen molar-refractivity contribution in [1.29, 1.82) is 0 Å². The van der Waals surface area contributed by atoms with Gasteiger partial charge in [0.1, 0.15) is 16.4 Å². The molecular weight excluding hydrogens is 354 g/mol. The second-order valence-corrected chi connectivity index (χ2v) is 9.10. The molecule has 0 saturated carbocycles. The first-order chi connectivity index (χ1) is 12.2. The molecule has 2 aromatic rings. The second kappa shape index (κ2) is 6.88. The molecule has 1 unspecified atom stereocenters. The molecule has 26 heavy (non-hydrogen) atoms. The van der Waals surface area contributed by atoms with Gasteiger partial charge in [0, 0.05) is 65.8 Å². The zero-order valence-corrected chi connectivity index (χ0v) is 16.4. The average molecular weight is 379 g/mol. The van der Waals surface area contributed by atoms with Crippen LogP contribution in [0.5, 0.6) is 0 Å². The maximum atomic E-state index is 13.0. The van der Waals surface area contributed by atoms with Gasteiger partial charge in [-0.2, -0.15) is 0 Å². The van der Waals surface area contributed by atoms with Gasteiger partial charge in [-0.1, -0.05) is 0 Å². The van der Waals surface area contributed by atoms with Gasteiger partial charge in [0.2, 0.25) is 10.0 Å². The predicted octanol–water partition coefficient (Wildman–Crippen LogP) is 1.03. The number of likely N-dealkylation sites (tertiary alicyclic amines) is 1. The lowest BCUT2D eigenvalue weighted by molar-refractivity contribution is 0.0694. The summed E-state index contributed by atoms with van der Waals surface area (Å²) in [6.07, 6.45) is 7.05. The van der Waals surface area contributed by atoms with E-state index in [9.17, 15) is 13.2 Å². The number of piperidine rings is 1. The highest BCUT2D eigenvalue weighted by molar-refractivity contribution is 7.89. The van der Waals surface area contributed by atoms with Gasteiger partial charge < -0.3 is 14.0 Å². The molecule has 0 radical (unpaired) electrons. The third kappa shape index (κ3) is 3.28. The lowest BCUT2D eigenvalue weighted by Gasteiger charge is -2.32. The Kier molecular flexibility index (Phi) is 4.94. The number of nitrogens with zero attached hydrogens (tertiary/aromatic N) is 5. The first-order valence-electron chi connectivity index (χ1n) is 8.57. The molecule has 3 rings (SSSR count). The molecule has 0 aromatic carbocycles. The number of imidazole rings is 1. The Labute approximate surface area is 154 Å². The minimum absolute atomic E-state index is 0.131. The van der Waals surface area contributed by atoms with Crippen molar-refractivity contribution in [2.45, 2.75) is 23.7 Å². The molecule has 1 saturated heterocycles. The fraction of sp³-hybridized carbons (Fsp3) is 0.529. The molecule has 8 nitrogen and oxygen atoms in total. The number of hydrogen-bond donors (Lipinski definition) is 0. The van der Waals surface area contributed by atoms with Crippen molar-refractivity contribution in [2.75, 3.05) is 27.2 Å². The van der Waals surface area contributed by atoms with E-state index in [-0.39, 0.29) is 16.7 Å². The van der Waals surface area contributed by atoms with Crippen LogP contribution in [0.4, 0.5) is 0 Å². The lowest BCUT2D eigenvalue weighted by atomic mass is 9.97. The molecule has 1 aliphatic heterocycles. The molecule has 3 heterocycles. The molecule has 0 spiro atoms. The summed E-state index contributed by atoms with van der Waals surface area (Å²) in [5.41, 5.74) is 0.380. The summed E-state index contributed by atoms with van der Waals surface area (Å²) < 4.78 is 29.4. The number of rotatable bonds is 4. The predicted molar refractivity (Wildman–Crippen MR) is 97.4 cm³/mol. The van der Waals surface area contributed by atoms with Crippen LogP contribution in [0.3, 0.4) is 0 Å². The third-order valence-electron chi connectivity index (χ3n) is 4.91. The van der Waals surface area contributed by atoms with E-state index in [1.807, 2.05) is 17.8 Å². The topological polar surface area (TPSA) is 80.4 Å². The van der Waals surface area contributed by atoms with Gasteiger partial charge in [0.25, 0.3) is 5.91 Å². The highest BCUT2D eigenvalue weighted by Gasteiger charge is 2.30. The number of sulfonamides is 1. The Morgan fingerprint density at radius 1 is 1.27 bits per heavy atom. The van der Waals surface area contributed by atoms with Crippen molar-refractivity contribution in [1.82, 2.24) is 23.3 Å². The maximum Gasteiger partial charge on any atom is 0.270 e. The number of aromatic nitrogens is 3. The Hall–Kier alpha value is -2.13. The fourth-order valence-electron chi connectivity index (χ4n) is 3.40. The zero-order chi connectivity index (χ0) is 19.1. The van der Waals surface area contributed by atoms with Gasteiger partial charge in [-0.25, -0.2) is 17.7 Å². The number of aryl methyl sites for hydroxylation is 2. The van der Waals surface area contributed by atoms with Crippen LogP contribution in [0, 0.1) is 0 Å². The smallest absolute Gasteiger partial charge is 0.270 e. The van der Waals surface area contributed by atoms with E-state index >= 15 is 0 Å². The summed E-state index contributed by atoms with van der Waals surface area (Å²) in [5, 5.41) is 0. The summed E-state index contributed by atoms with van der Waals surface area (Å²) in [7, 11) is 3.04. The summed E-state index contributed by atoms with van der Waals surface area (Å²) in [6, 6.07) is 1.46. The molecule has 0 N–H and O–H groups in total. The van der Waals surface area contributed by atoms with Crippen molar-refractivity contribution in [2.24, 2.45) is 14.1 Å². The van der Waals surface area contributed by atoms with Crippen LogP contribution in [-0.2, 0) is 24.1 Å². The average Bonchev–Trinajstić information content (AvgIpc) is 3.20. The number of carbonyl (C=O) groups is 1. The van der Waals surface area contributed by atoms with Crippen molar-refractivity contribution in [3.63, 3.8) is 0 Å². The van der Waals surface area contributed by atoms with E-state index in [2.05, 4.69) is 4.98 Å². The van der Waals surface area contributed by atoms with Crippen LogP contribution in [0.1, 0.15) is 35.1 Å². The molecule has 1 amide bonds. The van der Waals surface area contributed by atoms with Crippen molar-refractivity contribution < 1.29 is 13.2 Å². The summed E-state index contributed by atoms with van der Waals surface area (Å²) in [6.45, 7) is 1.26. The Morgan fingerprint density at radius 3 is 2.62 bits per heavy atom. The van der Waals surface area contributed by atoms with E-state index in [1.54, 1.807) is 22.7 Å². The van der Waals surface area contributed by atoms with Crippen LogP contribution in [0.15, 0.2) is 29.6 Å². The molecule has 0 aliphatic carbocycles. The van der Waals surface area contributed by atoms with Gasteiger partial charge in [0.15, 0.2) is 0 Å². The number of hydrogen-bond acceptors (Lipinski definition) is 4. The van der Waals surface area contributed by atoms with Gasteiger partial charge in [-0.05, 0) is 18.9 Å². The first-order valence-corrected chi connectivity index (χ1v) is 10.0. The maximum absolute atomic E-state index is 13.0. The molecule has 1 atom stereocenters. The molecule has 142 valence electrons. The van der Waals surface area contributed by atoms with Crippen molar-refractivity contribution >= 4 is 15.9 Å². The van der Waals surface area contributed by atoms with Crippen LogP contribution < -0.4 is 0 Å². The quantitative estimate of drug-likeness (QED) is 0.795. The van der Waals surface area contributed by atoms with Crippen molar-refractivity contribution in [3.05, 3.63) is 36.2 Å². The Bertz CT molecular complexity index is 913. The van der Waals surface area contributed by atoms with Crippen LogP contribution in [0.2, 0.25) is 0 Å². The minimum atomic E-state index is -3.57. The molecular formula is C17H25N5O3S. The van der Waals surface area contributed by atoms with Crippen LogP contribution in [0.25, 0.3) is 0 Å². The Balaban J connectivity index is 1.83. The molecule has 2 aromatic heterocycles. The number of carbonyl (C=O) groups excluding carboxylic acids is 1. The third-order valence-corrected chi connectivity index (χ3v) is 6.69. The first kappa shape index (κ1) is 18.7. The number of amides is 1. The molecule has 0 bridgehead atoms. The Morgan fingerprint density at radius 2 is 2.00 bits per heavy atom. The summed E-state index contributed by atoms with van der Waals surface area (Å²) >= 11 is 0. The van der Waals surface area contributed by atoms with E-state index in [4.69, 9.17) is 0 Å². The molecule has 9 heteroatoms. The van der Waals surface area contributed by atoms with Gasteiger partial charge >= 0.3 is 0 Å². The SMILES string of the molecule is CN(C)S(=O)(=O)c1cc(C(=O)N2CCCC(c3nccn3C)C2)n(C)c1. The second-order valence-electron chi connectivity index (χ2n) is 6.95. The van der Waals surface area contributed by atoms with Gasteiger partial charge in [0.05, 0.1) is 0 Å². The van der Waals surface area contributed by atoms with Crippen LogP contribution >= 0.6 is 0 Å². The normalized spacial score (nSPS) is 18.5. The lowest BCUT2D eigenvalue weighted by Crippen LogP contribution is -2.40. The van der Waals surface area contributed by atoms with Crippen molar-refractivity contribution in [3.8, 4) is 0 Å². The molecule has 1 fully saturated rings. The van der Waals surface area contributed by atoms with E-state index in [0.29, 0.717) is 18.8 Å². The van der Waals surface area contributed by atoms with Crippen LogP contribution in [-0.4, -0.2) is 64.8 Å². The van der Waals surface area contributed by atoms with E-state index in [0.717, 1.165) is 23.0 Å². The highest BCUT2D eigenvalue weighted by Crippen LogP contribution is 2.27. The summed E-state index contributed by atoms with van der Waals surface area (Å²) in [5.74, 6) is 1.02. The van der Waals surface area contributed by atoms with Gasteiger partial charge in [-0.15, -0.1) is 0 Å². The zero-order valence-electron chi connectivity index (χ0n) is 15.6. The monoisotopic (exact) mass is 379 g/mol. The van der Waals surface area contributed by atoms with E-state index in [1.165, 1.54) is 26.4 Å². The standard InChI is InChI=1S/C17H25N5O3S/c1-19(2)26(24,25)14-10-15(21(4)12-14)17(23)22-8-5-6-13(11-22)16-18-7-9-20(16)3/h7,9-10,12-13H,5-6,8,11H2,1-4H3. The fourth-order valence-corrected chi connectivity index (χ4v) is 4.38. The van der Waals surface area contributed by atoms with E-state index < -0.39 is 10.0 Å². The largest absolute Gasteiger partial charge is 0.345 e. The summed E-state index contributed by atoms with van der Waals surface area (Å²) in [4.78, 5) is 19.3.